The molecule has 0 bridgehead atoms. The first-order valence-electron chi connectivity index (χ1n) is 4.00. The third-order valence-electron chi connectivity index (χ3n) is 1.43. The van der Waals surface area contributed by atoms with E-state index in [0.717, 1.165) is 0 Å². The number of hydrogen-bond acceptors (Lipinski definition) is 4. The molecule has 0 unspecified atom stereocenters. The maximum Gasteiger partial charge on any atom is 0.195 e. The van der Waals surface area contributed by atoms with Crippen LogP contribution in [0.1, 0.15) is 13.8 Å². The van der Waals surface area contributed by atoms with Crippen molar-refractivity contribution >= 4 is 17.3 Å². The molecule has 3 N–H and O–H groups in total. The van der Waals surface area contributed by atoms with E-state index in [-0.39, 0.29) is 43.5 Å². The molecule has 0 aliphatic heterocycles. The van der Waals surface area contributed by atoms with Crippen LogP contribution in [0.4, 0.5) is 5.69 Å². The van der Waals surface area contributed by atoms with Crippen molar-refractivity contribution in [3.8, 4) is 5.75 Å². The second-order valence-corrected chi connectivity index (χ2v) is 2.67. The number of rotatable bonds is 1. The van der Waals surface area contributed by atoms with Crippen molar-refractivity contribution < 1.29 is 40.9 Å². The van der Waals surface area contributed by atoms with Gasteiger partial charge in [-0.25, -0.2) is 0 Å². The van der Waals surface area contributed by atoms with E-state index in [1.54, 1.807) is 24.3 Å². The zero-order chi connectivity index (χ0) is 11.1. The Morgan fingerprint density at radius 1 is 1.13 bits per heavy atom. The van der Waals surface area contributed by atoms with E-state index in [9.17, 15) is 9.59 Å². The summed E-state index contributed by atoms with van der Waals surface area (Å²) in [5.74, 6) is -0.613. The summed E-state index contributed by atoms with van der Waals surface area (Å²) in [5.41, 5.74) is 5.69. The summed E-state index contributed by atoms with van der Waals surface area (Å²) >= 11 is 0. The number of nitrogen functional groups attached to an aromatic ring is 1. The van der Waals surface area contributed by atoms with Crippen molar-refractivity contribution in [3.05, 3.63) is 24.3 Å². The summed E-state index contributed by atoms with van der Waals surface area (Å²) in [6.07, 6.45) is 0. The monoisotopic (exact) mass is 285 g/mol. The number of carbonyl (C=O) groups is 2. The molecule has 1 rings (SSSR count). The van der Waals surface area contributed by atoms with Gasteiger partial charge in [0.25, 0.3) is 0 Å². The third kappa shape index (κ3) is 8.07. The molecule has 0 amide bonds. The molecule has 0 aliphatic carbocycles. The van der Waals surface area contributed by atoms with Crippen LogP contribution >= 0.6 is 0 Å². The van der Waals surface area contributed by atoms with Gasteiger partial charge in [-0.15, -0.1) is 0 Å². The maximum absolute atomic E-state index is 9.79. The van der Waals surface area contributed by atoms with E-state index in [2.05, 4.69) is 0 Å². The van der Waals surface area contributed by atoms with Gasteiger partial charge in [-0.05, 0) is 12.1 Å². The van der Waals surface area contributed by atoms with Crippen molar-refractivity contribution in [3.63, 3.8) is 0 Å². The number of hydrogen-bond donors (Lipinski definition) is 2. The Labute approximate surface area is 108 Å². The molecule has 5 heteroatoms. The number of ketones is 2. The number of nitrogens with two attached hydrogens (primary N) is 1. The average Bonchev–Trinajstić information content (AvgIpc) is 2.11. The Balaban J connectivity index is 0. The summed E-state index contributed by atoms with van der Waals surface area (Å²) in [4.78, 5) is 19.6. The van der Waals surface area contributed by atoms with Crippen LogP contribution in [0.3, 0.4) is 0 Å². The number of aromatic hydroxyl groups is 1. The summed E-state index contributed by atoms with van der Waals surface area (Å²) in [5, 5.41) is 8.79. The largest absolute Gasteiger partial charge is 0.506 e. The number of benzene rings is 1. The molecule has 0 radical (unpaired) electrons. The van der Waals surface area contributed by atoms with Crippen molar-refractivity contribution in [1.29, 1.82) is 0 Å². The van der Waals surface area contributed by atoms with Gasteiger partial charge in [-0.3, -0.25) is 9.59 Å². The molecular weight excluding hydrogens is 273 g/mol. The van der Waals surface area contributed by atoms with Gasteiger partial charge in [0.1, 0.15) is 5.75 Å². The second kappa shape index (κ2) is 8.36. The fourth-order valence-corrected chi connectivity index (χ4v) is 0.488. The van der Waals surface area contributed by atoms with Crippen LogP contribution in [0.15, 0.2) is 24.3 Å². The van der Waals surface area contributed by atoms with Crippen molar-refractivity contribution in [2.45, 2.75) is 13.8 Å². The molecule has 0 atom stereocenters. The summed E-state index contributed by atoms with van der Waals surface area (Å²) < 4.78 is 0. The topological polar surface area (TPSA) is 80.4 Å². The number of phenols is 1. The third-order valence-corrected chi connectivity index (χ3v) is 1.43. The molecule has 80 valence electrons. The minimum absolute atomic E-state index is 0. The molecule has 0 aromatic heterocycles. The zero-order valence-corrected chi connectivity index (χ0v) is 11.1. The van der Waals surface area contributed by atoms with Crippen LogP contribution < -0.4 is 5.73 Å². The number of Topliss-reactive ketones (excluding diaryl/α,β-unsaturated/α-hetero) is 2. The van der Waals surface area contributed by atoms with E-state index in [1.807, 2.05) is 0 Å². The van der Waals surface area contributed by atoms with Crippen LogP contribution in [0.25, 0.3) is 0 Å². The average molecular weight is 286 g/mol. The van der Waals surface area contributed by atoms with Crippen LogP contribution in [-0.2, 0) is 35.8 Å². The standard InChI is InChI=1S/C6H7NO.C4H6O2.Zr/c7-5-3-1-2-4-6(5)8;1-3(5)4(2)6;/h1-4,8H,7H2;1-2H3;. The van der Waals surface area contributed by atoms with Gasteiger partial charge in [0, 0.05) is 40.1 Å². The molecule has 0 aliphatic rings. The number of phenolic OH excluding ortho intramolecular Hbond substituents is 1. The molecule has 0 heterocycles. The predicted octanol–water partition coefficient (Wildman–Crippen LogP) is 1.14. The second-order valence-electron chi connectivity index (χ2n) is 2.67. The number of para-hydroxylation sites is 2. The van der Waals surface area contributed by atoms with Crippen molar-refractivity contribution in [2.75, 3.05) is 5.73 Å². The first-order chi connectivity index (χ1) is 6.45. The number of carbonyl (C=O) groups excluding carboxylic acids is 2. The first kappa shape index (κ1) is 16.5. The smallest absolute Gasteiger partial charge is 0.195 e. The Kier molecular flexibility index (Phi) is 9.18. The van der Waals surface area contributed by atoms with Gasteiger partial charge in [0.15, 0.2) is 11.6 Å². The van der Waals surface area contributed by atoms with E-state index >= 15 is 0 Å². The van der Waals surface area contributed by atoms with Crippen LogP contribution in [-0.4, -0.2) is 16.7 Å². The van der Waals surface area contributed by atoms with Crippen LogP contribution in [0, 0.1) is 0 Å². The molecule has 0 fully saturated rings. The Hall–Kier alpha value is -0.957. The van der Waals surface area contributed by atoms with Gasteiger partial charge in [0.2, 0.25) is 0 Å². The maximum atomic E-state index is 9.79. The van der Waals surface area contributed by atoms with E-state index in [4.69, 9.17) is 10.8 Å². The molecule has 1 aromatic rings. The fourth-order valence-electron chi connectivity index (χ4n) is 0.488. The first-order valence-corrected chi connectivity index (χ1v) is 4.00. The fraction of sp³-hybridized carbons (Fsp3) is 0.200. The minimum atomic E-state index is -0.380. The SMILES string of the molecule is CC(=O)C(C)=O.Nc1ccccc1O.[Zr]. The van der Waals surface area contributed by atoms with E-state index in [0.29, 0.717) is 5.69 Å². The zero-order valence-electron chi connectivity index (χ0n) is 8.65. The Bertz CT molecular complexity index is 306. The molecular formula is C10H13NO3Zr. The molecule has 15 heavy (non-hydrogen) atoms. The van der Waals surface area contributed by atoms with Gasteiger partial charge in [0.05, 0.1) is 5.69 Å². The quantitative estimate of drug-likeness (QED) is 0.461. The van der Waals surface area contributed by atoms with Gasteiger partial charge >= 0.3 is 0 Å². The van der Waals surface area contributed by atoms with Gasteiger partial charge < -0.3 is 10.8 Å². The van der Waals surface area contributed by atoms with E-state index in [1.165, 1.54) is 13.8 Å². The van der Waals surface area contributed by atoms with Crippen molar-refractivity contribution in [2.24, 2.45) is 0 Å². The molecule has 1 aromatic carbocycles. The summed E-state index contributed by atoms with van der Waals surface area (Å²) in [6, 6.07) is 6.70. The molecule has 0 spiro atoms. The molecule has 0 saturated carbocycles. The summed E-state index contributed by atoms with van der Waals surface area (Å²) in [7, 11) is 0. The Morgan fingerprint density at radius 2 is 1.53 bits per heavy atom. The molecule has 4 nitrogen and oxygen atoms in total. The van der Waals surface area contributed by atoms with Crippen molar-refractivity contribution in [1.82, 2.24) is 0 Å². The van der Waals surface area contributed by atoms with Crippen LogP contribution in [0.2, 0.25) is 0 Å². The number of anilines is 1. The van der Waals surface area contributed by atoms with Crippen LogP contribution in [0.5, 0.6) is 5.75 Å². The van der Waals surface area contributed by atoms with Gasteiger partial charge in [-0.1, -0.05) is 12.1 Å². The predicted molar refractivity (Wildman–Crippen MR) is 53.9 cm³/mol. The van der Waals surface area contributed by atoms with Gasteiger partial charge in [-0.2, -0.15) is 0 Å². The summed E-state index contributed by atoms with van der Waals surface area (Å²) in [6.45, 7) is 2.50. The Morgan fingerprint density at radius 3 is 1.73 bits per heavy atom. The normalized spacial score (nSPS) is 7.87. The minimum Gasteiger partial charge on any atom is -0.506 e. The van der Waals surface area contributed by atoms with E-state index < -0.39 is 0 Å². The molecule has 0 saturated heterocycles.